The SMILES string of the molecule is Nc1c2c(cc(=O)n1-c1ccc(Cl)cc1CO)C(=O)NC2=O. The number of carbonyl (C=O) groups is 2. The van der Waals surface area contributed by atoms with Crippen molar-refractivity contribution in [3.63, 3.8) is 0 Å². The second kappa shape index (κ2) is 4.97. The summed E-state index contributed by atoms with van der Waals surface area (Å²) in [6, 6.07) is 5.57. The monoisotopic (exact) mass is 319 g/mol. The Morgan fingerprint density at radius 1 is 1.18 bits per heavy atom. The summed E-state index contributed by atoms with van der Waals surface area (Å²) in [4.78, 5) is 35.7. The van der Waals surface area contributed by atoms with E-state index in [4.69, 9.17) is 17.3 Å². The fourth-order valence-electron chi connectivity index (χ4n) is 2.43. The van der Waals surface area contributed by atoms with Crippen LogP contribution < -0.4 is 16.6 Å². The zero-order valence-electron chi connectivity index (χ0n) is 11.1. The predicted molar refractivity (Wildman–Crippen MR) is 79.2 cm³/mol. The van der Waals surface area contributed by atoms with E-state index in [2.05, 4.69) is 5.32 Å². The average molecular weight is 320 g/mol. The van der Waals surface area contributed by atoms with E-state index in [-0.39, 0.29) is 23.6 Å². The van der Waals surface area contributed by atoms with Crippen LogP contribution in [0.5, 0.6) is 0 Å². The topological polar surface area (TPSA) is 114 Å². The molecule has 0 atom stereocenters. The molecule has 112 valence electrons. The molecule has 1 aromatic carbocycles. The van der Waals surface area contributed by atoms with E-state index < -0.39 is 17.4 Å². The largest absolute Gasteiger partial charge is 0.392 e. The number of carbonyl (C=O) groups excluding carboxylic acids is 2. The van der Waals surface area contributed by atoms with Gasteiger partial charge in [-0.1, -0.05) is 11.6 Å². The van der Waals surface area contributed by atoms with Crippen LogP contribution in [0.15, 0.2) is 29.1 Å². The fourth-order valence-corrected chi connectivity index (χ4v) is 2.62. The van der Waals surface area contributed by atoms with Crippen molar-refractivity contribution in [2.24, 2.45) is 0 Å². The van der Waals surface area contributed by atoms with E-state index in [0.29, 0.717) is 16.3 Å². The summed E-state index contributed by atoms with van der Waals surface area (Å²) in [5, 5.41) is 11.9. The maximum absolute atomic E-state index is 12.3. The first-order chi connectivity index (χ1) is 10.4. The first-order valence-electron chi connectivity index (χ1n) is 6.25. The Morgan fingerprint density at radius 2 is 1.91 bits per heavy atom. The van der Waals surface area contributed by atoms with E-state index in [0.717, 1.165) is 10.6 Å². The summed E-state index contributed by atoms with van der Waals surface area (Å²) in [5.74, 6) is -1.48. The lowest BCUT2D eigenvalue weighted by atomic mass is 10.1. The molecule has 0 bridgehead atoms. The molecule has 0 saturated carbocycles. The molecule has 0 aliphatic carbocycles. The molecule has 0 unspecified atom stereocenters. The molecule has 2 aromatic rings. The van der Waals surface area contributed by atoms with Gasteiger partial charge in [-0.15, -0.1) is 0 Å². The van der Waals surface area contributed by atoms with E-state index in [1.54, 1.807) is 0 Å². The lowest BCUT2D eigenvalue weighted by Gasteiger charge is -2.15. The third kappa shape index (κ3) is 1.99. The lowest BCUT2D eigenvalue weighted by molar-refractivity contribution is 0.0880. The van der Waals surface area contributed by atoms with Crippen LogP contribution in [0, 0.1) is 0 Å². The molecule has 4 N–H and O–H groups in total. The maximum Gasteiger partial charge on any atom is 0.262 e. The normalized spacial score (nSPS) is 13.2. The predicted octanol–water partition coefficient (Wildman–Crippen LogP) is 0.449. The number of aromatic nitrogens is 1. The van der Waals surface area contributed by atoms with Crippen LogP contribution in [0.1, 0.15) is 26.3 Å². The Kier molecular flexibility index (Phi) is 3.23. The van der Waals surface area contributed by atoms with Gasteiger partial charge in [0.2, 0.25) is 0 Å². The van der Waals surface area contributed by atoms with Crippen LogP contribution in [0.4, 0.5) is 5.82 Å². The quantitative estimate of drug-likeness (QED) is 0.695. The number of anilines is 1. The summed E-state index contributed by atoms with van der Waals surface area (Å²) >= 11 is 5.86. The molecule has 0 spiro atoms. The number of pyridine rings is 1. The van der Waals surface area contributed by atoms with Crippen LogP contribution in [-0.4, -0.2) is 21.5 Å². The van der Waals surface area contributed by atoms with E-state index >= 15 is 0 Å². The van der Waals surface area contributed by atoms with Gasteiger partial charge in [-0.2, -0.15) is 0 Å². The molecule has 3 rings (SSSR count). The van der Waals surface area contributed by atoms with Crippen LogP contribution >= 0.6 is 11.6 Å². The fraction of sp³-hybridized carbons (Fsp3) is 0.0714. The number of nitrogens with two attached hydrogens (primary N) is 1. The standard InChI is InChI=1S/C14H10ClN3O4/c15-7-1-2-9(6(3-7)5-19)18-10(20)4-8-11(12(18)16)14(22)17-13(8)21/h1-4,19H,5,16H2,(H,17,21,22). The lowest BCUT2D eigenvalue weighted by Crippen LogP contribution is -2.25. The molecule has 0 fully saturated rings. The van der Waals surface area contributed by atoms with E-state index in [1.165, 1.54) is 18.2 Å². The van der Waals surface area contributed by atoms with Crippen molar-refractivity contribution < 1.29 is 14.7 Å². The molecular formula is C14H10ClN3O4. The Labute approximate surface area is 128 Å². The Hall–Kier alpha value is -2.64. The van der Waals surface area contributed by atoms with Crippen LogP contribution in [0.25, 0.3) is 5.69 Å². The van der Waals surface area contributed by atoms with E-state index in [1.807, 2.05) is 0 Å². The summed E-state index contributed by atoms with van der Waals surface area (Å²) in [7, 11) is 0. The van der Waals surface area contributed by atoms with Crippen molar-refractivity contribution in [3.8, 4) is 5.69 Å². The third-order valence-electron chi connectivity index (χ3n) is 3.41. The minimum Gasteiger partial charge on any atom is -0.392 e. The number of nitrogens with zero attached hydrogens (tertiary/aromatic N) is 1. The van der Waals surface area contributed by atoms with Crippen molar-refractivity contribution in [1.29, 1.82) is 0 Å². The number of aliphatic hydroxyl groups excluding tert-OH is 1. The highest BCUT2D eigenvalue weighted by molar-refractivity contribution is 6.30. The number of imide groups is 1. The molecule has 1 aliphatic rings. The Balaban J connectivity index is 2.35. The molecule has 7 nitrogen and oxygen atoms in total. The molecule has 1 aromatic heterocycles. The Morgan fingerprint density at radius 3 is 2.59 bits per heavy atom. The molecule has 0 radical (unpaired) electrons. The maximum atomic E-state index is 12.3. The van der Waals surface area contributed by atoms with Crippen LogP contribution in [-0.2, 0) is 6.61 Å². The van der Waals surface area contributed by atoms with Gasteiger partial charge in [0.1, 0.15) is 5.82 Å². The number of rotatable bonds is 2. The van der Waals surface area contributed by atoms with Gasteiger partial charge in [-0.05, 0) is 18.2 Å². The minimum absolute atomic E-state index is 0.0524. The number of fused-ring (bicyclic) bond motifs is 1. The van der Waals surface area contributed by atoms with Crippen LogP contribution in [0.2, 0.25) is 5.02 Å². The van der Waals surface area contributed by atoms with Crippen molar-refractivity contribution in [1.82, 2.24) is 9.88 Å². The zero-order valence-corrected chi connectivity index (χ0v) is 11.8. The van der Waals surface area contributed by atoms with Crippen molar-refractivity contribution in [2.75, 3.05) is 5.73 Å². The van der Waals surface area contributed by atoms with Gasteiger partial charge in [0.05, 0.1) is 23.4 Å². The van der Waals surface area contributed by atoms with Gasteiger partial charge in [-0.25, -0.2) is 0 Å². The number of nitrogen functional groups attached to an aromatic ring is 1. The number of amides is 2. The molecule has 8 heteroatoms. The highest BCUT2D eigenvalue weighted by Crippen LogP contribution is 2.25. The summed E-state index contributed by atoms with van der Waals surface area (Å²) in [5.41, 5.74) is 5.89. The zero-order chi connectivity index (χ0) is 16.0. The number of hydrogen-bond acceptors (Lipinski definition) is 5. The second-order valence-corrected chi connectivity index (χ2v) is 5.14. The molecule has 0 saturated heterocycles. The first kappa shape index (κ1) is 14.3. The number of nitrogens with one attached hydrogen (secondary N) is 1. The summed E-state index contributed by atoms with van der Waals surface area (Å²) < 4.78 is 1.07. The van der Waals surface area contributed by atoms with Gasteiger partial charge < -0.3 is 10.8 Å². The van der Waals surface area contributed by atoms with Gasteiger partial charge in [0.15, 0.2) is 0 Å². The molecule has 2 heterocycles. The molecular weight excluding hydrogens is 310 g/mol. The third-order valence-corrected chi connectivity index (χ3v) is 3.64. The van der Waals surface area contributed by atoms with Crippen molar-refractivity contribution in [2.45, 2.75) is 6.61 Å². The summed E-state index contributed by atoms with van der Waals surface area (Å²) in [6.07, 6.45) is 0. The van der Waals surface area contributed by atoms with Gasteiger partial charge in [0.25, 0.3) is 17.4 Å². The molecule has 1 aliphatic heterocycles. The first-order valence-corrected chi connectivity index (χ1v) is 6.62. The number of halogens is 1. The highest BCUT2D eigenvalue weighted by Gasteiger charge is 2.32. The Bertz CT molecular complexity index is 888. The van der Waals surface area contributed by atoms with Crippen LogP contribution in [0.3, 0.4) is 0 Å². The minimum atomic E-state index is -0.661. The van der Waals surface area contributed by atoms with Gasteiger partial charge >= 0.3 is 0 Å². The van der Waals surface area contributed by atoms with Crippen molar-refractivity contribution >= 4 is 29.2 Å². The van der Waals surface area contributed by atoms with Gasteiger partial charge in [-0.3, -0.25) is 24.3 Å². The number of benzene rings is 1. The second-order valence-electron chi connectivity index (χ2n) is 4.71. The molecule has 2 amide bonds. The smallest absolute Gasteiger partial charge is 0.262 e. The highest BCUT2D eigenvalue weighted by atomic mass is 35.5. The number of aliphatic hydroxyl groups is 1. The number of hydrogen-bond donors (Lipinski definition) is 3. The average Bonchev–Trinajstić information content (AvgIpc) is 2.75. The van der Waals surface area contributed by atoms with Crippen molar-refractivity contribution in [3.05, 3.63) is 56.3 Å². The van der Waals surface area contributed by atoms with Gasteiger partial charge in [0, 0.05) is 16.7 Å². The van der Waals surface area contributed by atoms with E-state index in [9.17, 15) is 19.5 Å². The molecule has 22 heavy (non-hydrogen) atoms. The summed E-state index contributed by atoms with van der Waals surface area (Å²) in [6.45, 7) is -0.371.